The highest BCUT2D eigenvalue weighted by atomic mass is 35.5. The van der Waals surface area contributed by atoms with Crippen molar-refractivity contribution in [1.29, 1.82) is 0 Å². The molecule has 4 heteroatoms. The quantitative estimate of drug-likeness (QED) is 0.758. The van der Waals surface area contributed by atoms with Gasteiger partial charge in [0, 0.05) is 18.5 Å². The molecule has 0 aliphatic heterocycles. The summed E-state index contributed by atoms with van der Waals surface area (Å²) in [7, 11) is 0. The SMILES string of the molecule is Cc1ccc(C(=O)N(CCCl)C2CC2)c(F)c1. The highest BCUT2D eigenvalue weighted by molar-refractivity contribution is 6.18. The Hall–Kier alpha value is -1.09. The molecule has 0 radical (unpaired) electrons. The van der Waals surface area contributed by atoms with Gasteiger partial charge in [0.05, 0.1) is 5.56 Å². The first-order valence-electron chi connectivity index (χ1n) is 5.76. The van der Waals surface area contributed by atoms with E-state index in [9.17, 15) is 9.18 Å². The fourth-order valence-electron chi connectivity index (χ4n) is 1.88. The number of halogens is 2. The molecule has 1 amide bonds. The zero-order valence-corrected chi connectivity index (χ0v) is 10.5. The first kappa shape index (κ1) is 12.4. The molecule has 0 spiro atoms. The van der Waals surface area contributed by atoms with E-state index >= 15 is 0 Å². The van der Waals surface area contributed by atoms with E-state index in [-0.39, 0.29) is 17.5 Å². The summed E-state index contributed by atoms with van der Waals surface area (Å²) in [6.07, 6.45) is 1.99. The zero-order chi connectivity index (χ0) is 12.4. The maximum Gasteiger partial charge on any atom is 0.257 e. The molecule has 0 saturated heterocycles. The lowest BCUT2D eigenvalue weighted by Crippen LogP contribution is -2.35. The van der Waals surface area contributed by atoms with E-state index < -0.39 is 5.82 Å². The van der Waals surface area contributed by atoms with Crippen LogP contribution in [0.3, 0.4) is 0 Å². The minimum atomic E-state index is -0.449. The van der Waals surface area contributed by atoms with Crippen molar-refractivity contribution in [3.8, 4) is 0 Å². The highest BCUT2D eigenvalue weighted by Crippen LogP contribution is 2.28. The number of hydrogen-bond donors (Lipinski definition) is 0. The molecular formula is C13H15ClFNO. The summed E-state index contributed by atoms with van der Waals surface area (Å²) in [5.74, 6) is -0.309. The molecule has 0 atom stereocenters. The van der Waals surface area contributed by atoms with Gasteiger partial charge in [-0.05, 0) is 37.5 Å². The molecule has 0 aromatic heterocycles. The Balaban J connectivity index is 2.22. The monoisotopic (exact) mass is 255 g/mol. The molecule has 0 N–H and O–H groups in total. The minimum absolute atomic E-state index is 0.146. The number of amides is 1. The summed E-state index contributed by atoms with van der Waals surface area (Å²) in [5.41, 5.74) is 0.960. The number of rotatable bonds is 4. The van der Waals surface area contributed by atoms with Gasteiger partial charge in [0.15, 0.2) is 0 Å². The van der Waals surface area contributed by atoms with Crippen LogP contribution in [0.25, 0.3) is 0 Å². The molecule has 1 aromatic carbocycles. The Kier molecular flexibility index (Phi) is 3.67. The van der Waals surface area contributed by atoms with Crippen LogP contribution in [0.5, 0.6) is 0 Å². The van der Waals surface area contributed by atoms with Crippen LogP contribution in [-0.2, 0) is 0 Å². The van der Waals surface area contributed by atoms with Gasteiger partial charge in [0.2, 0.25) is 0 Å². The average Bonchev–Trinajstić information content (AvgIpc) is 3.09. The van der Waals surface area contributed by atoms with Gasteiger partial charge < -0.3 is 4.90 Å². The number of benzene rings is 1. The lowest BCUT2D eigenvalue weighted by molar-refractivity contribution is 0.0749. The molecule has 1 fully saturated rings. The summed E-state index contributed by atoms with van der Waals surface area (Å²) in [6.45, 7) is 2.28. The zero-order valence-electron chi connectivity index (χ0n) is 9.75. The third-order valence-electron chi connectivity index (χ3n) is 2.93. The third-order valence-corrected chi connectivity index (χ3v) is 3.10. The van der Waals surface area contributed by atoms with Crippen LogP contribution >= 0.6 is 11.6 Å². The molecule has 0 bridgehead atoms. The van der Waals surface area contributed by atoms with Gasteiger partial charge in [-0.25, -0.2) is 4.39 Å². The van der Waals surface area contributed by atoms with Crippen molar-refractivity contribution in [1.82, 2.24) is 4.90 Å². The van der Waals surface area contributed by atoms with Gasteiger partial charge in [-0.1, -0.05) is 6.07 Å². The molecule has 1 aromatic rings. The van der Waals surface area contributed by atoms with Gasteiger partial charge in [-0.3, -0.25) is 4.79 Å². The summed E-state index contributed by atoms with van der Waals surface area (Å²) in [6, 6.07) is 4.94. The second-order valence-corrected chi connectivity index (χ2v) is 4.78. The third kappa shape index (κ3) is 2.78. The van der Waals surface area contributed by atoms with E-state index in [1.54, 1.807) is 24.0 Å². The van der Waals surface area contributed by atoms with Gasteiger partial charge in [0.1, 0.15) is 5.82 Å². The Morgan fingerprint density at radius 3 is 2.76 bits per heavy atom. The van der Waals surface area contributed by atoms with E-state index in [0.29, 0.717) is 12.4 Å². The largest absolute Gasteiger partial charge is 0.334 e. The fourth-order valence-corrected chi connectivity index (χ4v) is 2.06. The number of carbonyl (C=O) groups excluding carboxylic acids is 1. The summed E-state index contributed by atoms with van der Waals surface area (Å²) < 4.78 is 13.7. The van der Waals surface area contributed by atoms with Crippen LogP contribution < -0.4 is 0 Å². The smallest absolute Gasteiger partial charge is 0.257 e. The van der Waals surface area contributed by atoms with Gasteiger partial charge in [-0.15, -0.1) is 11.6 Å². The number of nitrogens with zero attached hydrogens (tertiary/aromatic N) is 1. The second-order valence-electron chi connectivity index (χ2n) is 4.40. The predicted molar refractivity (Wildman–Crippen MR) is 65.9 cm³/mol. The molecule has 1 aliphatic rings. The van der Waals surface area contributed by atoms with Crippen LogP contribution in [0.4, 0.5) is 4.39 Å². The summed E-state index contributed by atoms with van der Waals surface area (Å²) in [5, 5.41) is 0. The maximum absolute atomic E-state index is 13.7. The maximum atomic E-state index is 13.7. The lowest BCUT2D eigenvalue weighted by atomic mass is 10.1. The molecule has 0 heterocycles. The fraction of sp³-hybridized carbons (Fsp3) is 0.462. The van der Waals surface area contributed by atoms with Crippen molar-refractivity contribution in [2.24, 2.45) is 0 Å². The Morgan fingerprint density at radius 2 is 2.24 bits per heavy atom. The predicted octanol–water partition coefficient (Wildman–Crippen LogP) is 2.98. The van der Waals surface area contributed by atoms with E-state index in [2.05, 4.69) is 0 Å². The first-order valence-corrected chi connectivity index (χ1v) is 6.30. The number of carbonyl (C=O) groups is 1. The molecule has 2 rings (SSSR count). The van der Waals surface area contributed by atoms with Crippen molar-refractivity contribution in [2.75, 3.05) is 12.4 Å². The standard InChI is InChI=1S/C13H15ClFNO/c1-9-2-5-11(12(15)8-9)13(17)16(7-6-14)10-3-4-10/h2,5,8,10H,3-4,6-7H2,1H3. The van der Waals surface area contributed by atoms with Crippen LogP contribution in [0.1, 0.15) is 28.8 Å². The van der Waals surface area contributed by atoms with Crippen LogP contribution in [0.15, 0.2) is 18.2 Å². The van der Waals surface area contributed by atoms with Gasteiger partial charge in [-0.2, -0.15) is 0 Å². The average molecular weight is 256 g/mol. The van der Waals surface area contributed by atoms with Crippen molar-refractivity contribution >= 4 is 17.5 Å². The Labute approximate surface area is 105 Å². The molecular weight excluding hydrogens is 241 g/mol. The van der Waals surface area contributed by atoms with Crippen molar-refractivity contribution in [2.45, 2.75) is 25.8 Å². The normalized spacial score (nSPS) is 14.8. The Morgan fingerprint density at radius 1 is 1.53 bits per heavy atom. The topological polar surface area (TPSA) is 20.3 Å². The van der Waals surface area contributed by atoms with Crippen LogP contribution in [-0.4, -0.2) is 29.3 Å². The van der Waals surface area contributed by atoms with Crippen molar-refractivity contribution in [3.05, 3.63) is 35.1 Å². The number of alkyl halides is 1. The minimum Gasteiger partial charge on any atom is -0.334 e. The lowest BCUT2D eigenvalue weighted by Gasteiger charge is -2.21. The molecule has 1 aliphatic carbocycles. The molecule has 1 saturated carbocycles. The van der Waals surface area contributed by atoms with Gasteiger partial charge in [0.25, 0.3) is 5.91 Å². The summed E-state index contributed by atoms with van der Waals surface area (Å²) in [4.78, 5) is 13.9. The summed E-state index contributed by atoms with van der Waals surface area (Å²) >= 11 is 5.68. The number of hydrogen-bond acceptors (Lipinski definition) is 1. The molecule has 92 valence electrons. The second kappa shape index (κ2) is 5.05. The van der Waals surface area contributed by atoms with E-state index in [1.165, 1.54) is 6.07 Å². The first-order chi connectivity index (χ1) is 8.13. The van der Waals surface area contributed by atoms with Gasteiger partial charge >= 0.3 is 0 Å². The number of aryl methyl sites for hydroxylation is 1. The molecule has 2 nitrogen and oxygen atoms in total. The van der Waals surface area contributed by atoms with Crippen LogP contribution in [0, 0.1) is 12.7 Å². The highest BCUT2D eigenvalue weighted by Gasteiger charge is 2.33. The van der Waals surface area contributed by atoms with E-state index in [1.807, 2.05) is 0 Å². The van der Waals surface area contributed by atoms with Crippen LogP contribution in [0.2, 0.25) is 0 Å². The molecule has 17 heavy (non-hydrogen) atoms. The van der Waals surface area contributed by atoms with Crippen molar-refractivity contribution < 1.29 is 9.18 Å². The molecule has 0 unspecified atom stereocenters. The Bertz CT molecular complexity index is 431. The van der Waals surface area contributed by atoms with E-state index in [4.69, 9.17) is 11.6 Å². The van der Waals surface area contributed by atoms with Crippen molar-refractivity contribution in [3.63, 3.8) is 0 Å². The van der Waals surface area contributed by atoms with E-state index in [0.717, 1.165) is 18.4 Å².